The fourth-order valence-corrected chi connectivity index (χ4v) is 1.06. The fourth-order valence-electron chi connectivity index (χ4n) is 1.00. The second kappa shape index (κ2) is 6.27. The van der Waals surface area contributed by atoms with Crippen LogP contribution >= 0.6 is 11.6 Å². The van der Waals surface area contributed by atoms with Crippen LogP contribution in [0, 0.1) is 0 Å². The zero-order valence-electron chi connectivity index (χ0n) is 8.19. The number of nitrogens with two attached hydrogens (primary N) is 1. The molecule has 0 aliphatic rings. The van der Waals surface area contributed by atoms with Crippen LogP contribution in [0.4, 0.5) is 5.69 Å². The first-order chi connectivity index (χ1) is 7.26. The van der Waals surface area contributed by atoms with Gasteiger partial charge in [-0.05, 0) is 12.1 Å². The molecule has 0 atom stereocenters. The Bertz CT molecular complexity index is 342. The fraction of sp³-hybridized carbons (Fsp3) is 0.300. The van der Waals surface area contributed by atoms with Crippen molar-refractivity contribution in [2.45, 2.75) is 0 Å². The van der Waals surface area contributed by atoms with E-state index in [1.54, 1.807) is 24.3 Å². The molecule has 0 radical (unpaired) electrons. The molecule has 4 nitrogen and oxygen atoms in total. The van der Waals surface area contributed by atoms with Crippen molar-refractivity contribution in [2.24, 2.45) is 10.7 Å². The Morgan fingerprint density at radius 2 is 2.33 bits per heavy atom. The van der Waals surface area contributed by atoms with Gasteiger partial charge in [-0.3, -0.25) is 0 Å². The van der Waals surface area contributed by atoms with E-state index >= 15 is 0 Å². The quantitative estimate of drug-likeness (QED) is 0.453. The smallest absolute Gasteiger partial charge is 0.121 e. The lowest BCUT2D eigenvalue weighted by atomic mass is 10.3. The molecule has 15 heavy (non-hydrogen) atoms. The lowest BCUT2D eigenvalue weighted by Crippen LogP contribution is -2.12. The second-order valence-electron chi connectivity index (χ2n) is 2.81. The molecule has 3 N–H and O–H groups in total. The predicted octanol–water partition coefficient (Wildman–Crippen LogP) is 1.29. The maximum absolute atomic E-state index is 8.59. The number of aliphatic hydroxyl groups is 1. The molecule has 1 aromatic carbocycles. The standard InChI is InChI=1S/C10H13ClN2O2/c11-7-10(12)13-8-2-1-3-9(6-8)15-5-4-14/h1-3,6,14H,4-5,7H2,(H2,12,13). The summed E-state index contributed by atoms with van der Waals surface area (Å²) in [6.07, 6.45) is 0. The predicted molar refractivity (Wildman–Crippen MR) is 61.0 cm³/mol. The molecule has 82 valence electrons. The summed E-state index contributed by atoms with van der Waals surface area (Å²) in [4.78, 5) is 4.07. The van der Waals surface area contributed by atoms with Crippen LogP contribution in [-0.4, -0.2) is 30.0 Å². The minimum Gasteiger partial charge on any atom is -0.491 e. The highest BCUT2D eigenvalue weighted by Gasteiger charge is 1.96. The molecule has 0 saturated carbocycles. The SMILES string of the molecule is NC(CCl)=Nc1cccc(OCCO)c1. The van der Waals surface area contributed by atoms with Gasteiger partial charge in [-0.2, -0.15) is 0 Å². The van der Waals surface area contributed by atoms with Crippen LogP contribution in [0.5, 0.6) is 5.75 Å². The number of nitrogens with zero attached hydrogens (tertiary/aromatic N) is 1. The van der Waals surface area contributed by atoms with Gasteiger partial charge in [-0.15, -0.1) is 11.6 Å². The number of aliphatic imine (C=N–C) groups is 1. The third-order valence-corrected chi connectivity index (χ3v) is 1.86. The Kier molecular flexibility index (Phi) is 4.93. The minimum absolute atomic E-state index is 0.0166. The molecule has 0 aromatic heterocycles. The van der Waals surface area contributed by atoms with Crippen molar-refractivity contribution in [2.75, 3.05) is 19.1 Å². The molecule has 0 saturated heterocycles. The molecule has 0 aliphatic carbocycles. The molecule has 0 heterocycles. The highest BCUT2D eigenvalue weighted by Crippen LogP contribution is 2.19. The summed E-state index contributed by atoms with van der Waals surface area (Å²) in [7, 11) is 0. The average Bonchev–Trinajstić information content (AvgIpc) is 2.26. The average molecular weight is 229 g/mol. The number of hydrogen-bond donors (Lipinski definition) is 2. The van der Waals surface area contributed by atoms with Gasteiger partial charge in [-0.25, -0.2) is 4.99 Å². The Balaban J connectivity index is 2.74. The minimum atomic E-state index is -0.0166. The maximum Gasteiger partial charge on any atom is 0.121 e. The number of hydrogen-bond acceptors (Lipinski definition) is 3. The molecule has 1 rings (SSSR count). The molecular weight excluding hydrogens is 216 g/mol. The lowest BCUT2D eigenvalue weighted by Gasteiger charge is -2.04. The van der Waals surface area contributed by atoms with Gasteiger partial charge in [0.25, 0.3) is 0 Å². The first-order valence-corrected chi connectivity index (χ1v) is 5.02. The lowest BCUT2D eigenvalue weighted by molar-refractivity contribution is 0.201. The van der Waals surface area contributed by atoms with Gasteiger partial charge in [0.15, 0.2) is 0 Å². The van der Waals surface area contributed by atoms with Gasteiger partial charge < -0.3 is 15.6 Å². The molecule has 0 aliphatic heterocycles. The van der Waals surface area contributed by atoms with E-state index in [0.717, 1.165) is 0 Å². The first kappa shape index (κ1) is 11.8. The Morgan fingerprint density at radius 1 is 1.53 bits per heavy atom. The highest BCUT2D eigenvalue weighted by atomic mass is 35.5. The summed E-state index contributed by atoms with van der Waals surface area (Å²) in [5.41, 5.74) is 6.18. The monoisotopic (exact) mass is 228 g/mol. The van der Waals surface area contributed by atoms with Crippen molar-refractivity contribution in [1.29, 1.82) is 0 Å². The van der Waals surface area contributed by atoms with Gasteiger partial charge in [0.1, 0.15) is 18.2 Å². The van der Waals surface area contributed by atoms with Crippen LogP contribution in [0.3, 0.4) is 0 Å². The van der Waals surface area contributed by atoms with Crippen molar-refractivity contribution < 1.29 is 9.84 Å². The second-order valence-corrected chi connectivity index (χ2v) is 3.07. The Morgan fingerprint density at radius 3 is 3.00 bits per heavy atom. The van der Waals surface area contributed by atoms with Crippen molar-refractivity contribution in [1.82, 2.24) is 0 Å². The highest BCUT2D eigenvalue weighted by molar-refractivity contribution is 6.28. The zero-order valence-corrected chi connectivity index (χ0v) is 8.94. The van der Waals surface area contributed by atoms with E-state index in [1.165, 1.54) is 0 Å². The zero-order chi connectivity index (χ0) is 11.1. The largest absolute Gasteiger partial charge is 0.491 e. The molecule has 0 unspecified atom stereocenters. The molecule has 0 spiro atoms. The van der Waals surface area contributed by atoms with E-state index in [9.17, 15) is 0 Å². The van der Waals surface area contributed by atoms with Crippen LogP contribution in [-0.2, 0) is 0 Å². The van der Waals surface area contributed by atoms with Gasteiger partial charge in [-0.1, -0.05) is 6.07 Å². The third-order valence-electron chi connectivity index (χ3n) is 1.59. The van der Waals surface area contributed by atoms with Crippen LogP contribution in [0.15, 0.2) is 29.3 Å². The first-order valence-electron chi connectivity index (χ1n) is 4.49. The number of amidine groups is 1. The maximum atomic E-state index is 8.59. The van der Waals surface area contributed by atoms with Gasteiger partial charge in [0, 0.05) is 6.07 Å². The topological polar surface area (TPSA) is 67.8 Å². The van der Waals surface area contributed by atoms with E-state index < -0.39 is 0 Å². The number of halogens is 1. The van der Waals surface area contributed by atoms with E-state index in [2.05, 4.69) is 4.99 Å². The molecular formula is C10H13ClN2O2. The van der Waals surface area contributed by atoms with Crippen molar-refractivity contribution in [3.8, 4) is 5.75 Å². The summed E-state index contributed by atoms with van der Waals surface area (Å²) in [6, 6.07) is 7.11. The van der Waals surface area contributed by atoms with Gasteiger partial charge >= 0.3 is 0 Å². The Labute approximate surface area is 93.3 Å². The van der Waals surface area contributed by atoms with Crippen molar-refractivity contribution >= 4 is 23.1 Å². The number of ether oxygens (including phenoxy) is 1. The van der Waals surface area contributed by atoms with Crippen molar-refractivity contribution in [3.05, 3.63) is 24.3 Å². The number of benzene rings is 1. The molecule has 0 bridgehead atoms. The van der Waals surface area contributed by atoms with E-state index in [-0.39, 0.29) is 19.1 Å². The summed E-state index contributed by atoms with van der Waals surface area (Å²) in [5.74, 6) is 1.20. The van der Waals surface area contributed by atoms with Crippen LogP contribution in [0.1, 0.15) is 0 Å². The van der Waals surface area contributed by atoms with Crippen molar-refractivity contribution in [3.63, 3.8) is 0 Å². The molecule has 5 heteroatoms. The van der Waals surface area contributed by atoms with E-state index in [1.807, 2.05) is 0 Å². The Hall–Kier alpha value is -1.26. The van der Waals surface area contributed by atoms with Crippen LogP contribution in [0.25, 0.3) is 0 Å². The van der Waals surface area contributed by atoms with Crippen LogP contribution < -0.4 is 10.5 Å². The third kappa shape index (κ3) is 4.18. The van der Waals surface area contributed by atoms with Crippen LogP contribution in [0.2, 0.25) is 0 Å². The number of rotatable bonds is 5. The molecule has 1 aromatic rings. The normalized spacial score (nSPS) is 11.5. The van der Waals surface area contributed by atoms with E-state index in [0.29, 0.717) is 17.3 Å². The molecule has 0 fully saturated rings. The summed E-state index contributed by atoms with van der Waals surface area (Å²) >= 11 is 5.51. The molecule has 0 amide bonds. The summed E-state index contributed by atoms with van der Waals surface area (Å²) in [5, 5.41) is 8.59. The van der Waals surface area contributed by atoms with E-state index in [4.69, 9.17) is 27.2 Å². The van der Waals surface area contributed by atoms with Gasteiger partial charge in [0.05, 0.1) is 18.2 Å². The number of alkyl halides is 1. The summed E-state index contributed by atoms with van der Waals surface area (Å²) < 4.78 is 5.22. The summed E-state index contributed by atoms with van der Waals surface area (Å²) in [6.45, 7) is 0.246. The van der Waals surface area contributed by atoms with Gasteiger partial charge in [0.2, 0.25) is 0 Å². The number of aliphatic hydroxyl groups excluding tert-OH is 1.